The van der Waals surface area contributed by atoms with Gasteiger partial charge in [-0.15, -0.1) is 0 Å². The Kier molecular flexibility index (Phi) is 2.56. The first-order chi connectivity index (χ1) is 8.65. The van der Waals surface area contributed by atoms with Gasteiger partial charge in [-0.25, -0.2) is 9.18 Å². The standard InChI is InChI=1S/C12H9ClFN3O/c13-9-5-6(14)1-2-7(9)10-8-3-4-15-11(8)17-12(18)16-10/h1-2,5H,3-4H2,(H2,15,16,17,18). The lowest BCUT2D eigenvalue weighted by Gasteiger charge is -2.08. The van der Waals surface area contributed by atoms with E-state index in [0.717, 1.165) is 18.5 Å². The van der Waals surface area contributed by atoms with Crippen molar-refractivity contribution in [1.82, 2.24) is 9.97 Å². The molecule has 0 saturated carbocycles. The van der Waals surface area contributed by atoms with Gasteiger partial charge < -0.3 is 10.3 Å². The zero-order valence-electron chi connectivity index (χ0n) is 9.26. The predicted molar refractivity (Wildman–Crippen MR) is 67.5 cm³/mol. The predicted octanol–water partition coefficient (Wildman–Crippen LogP) is 2.20. The van der Waals surface area contributed by atoms with Crippen molar-refractivity contribution >= 4 is 17.4 Å². The van der Waals surface area contributed by atoms with Gasteiger partial charge in [-0.1, -0.05) is 11.6 Å². The number of halogens is 2. The first kappa shape index (κ1) is 11.2. The second-order valence-electron chi connectivity index (χ2n) is 4.05. The molecule has 1 aliphatic heterocycles. The van der Waals surface area contributed by atoms with Gasteiger partial charge in [-0.3, -0.25) is 0 Å². The zero-order chi connectivity index (χ0) is 12.7. The summed E-state index contributed by atoms with van der Waals surface area (Å²) in [5.74, 6) is 0.170. The Morgan fingerprint density at radius 3 is 3.00 bits per heavy atom. The van der Waals surface area contributed by atoms with Crippen LogP contribution in [0.3, 0.4) is 0 Å². The van der Waals surface area contributed by atoms with Crippen LogP contribution < -0.4 is 11.0 Å². The fourth-order valence-corrected chi connectivity index (χ4v) is 2.38. The molecule has 0 fully saturated rings. The van der Waals surface area contributed by atoms with E-state index in [0.29, 0.717) is 17.1 Å². The van der Waals surface area contributed by atoms with Gasteiger partial charge in [0.2, 0.25) is 0 Å². The number of hydrogen-bond donors (Lipinski definition) is 2. The van der Waals surface area contributed by atoms with Gasteiger partial charge in [0.15, 0.2) is 0 Å². The number of nitrogens with zero attached hydrogens (tertiary/aromatic N) is 1. The second-order valence-corrected chi connectivity index (χ2v) is 4.45. The lowest BCUT2D eigenvalue weighted by Crippen LogP contribution is -2.13. The first-order valence-electron chi connectivity index (χ1n) is 5.47. The minimum absolute atomic E-state index is 0.269. The van der Waals surface area contributed by atoms with Crippen LogP contribution in [0, 0.1) is 5.82 Å². The fourth-order valence-electron chi connectivity index (χ4n) is 2.12. The molecule has 2 heterocycles. The number of fused-ring (bicyclic) bond motifs is 1. The highest BCUT2D eigenvalue weighted by Gasteiger charge is 2.19. The Balaban J connectivity index is 2.26. The Labute approximate surface area is 107 Å². The summed E-state index contributed by atoms with van der Waals surface area (Å²) in [6.07, 6.45) is 0.752. The summed E-state index contributed by atoms with van der Waals surface area (Å²) in [4.78, 5) is 18.0. The molecule has 1 aliphatic rings. The highest BCUT2D eigenvalue weighted by Crippen LogP contribution is 2.33. The van der Waals surface area contributed by atoms with Gasteiger partial charge in [0.05, 0.1) is 10.7 Å². The SMILES string of the molecule is O=c1nc2c(c(-c3ccc(F)cc3Cl)[nH]1)CCN2. The molecule has 0 saturated heterocycles. The number of benzene rings is 1. The molecule has 0 bridgehead atoms. The van der Waals surface area contributed by atoms with Crippen LogP contribution in [0.4, 0.5) is 10.2 Å². The molecule has 0 spiro atoms. The Bertz CT molecular complexity index is 684. The number of hydrogen-bond acceptors (Lipinski definition) is 3. The van der Waals surface area contributed by atoms with E-state index in [-0.39, 0.29) is 5.02 Å². The summed E-state index contributed by atoms with van der Waals surface area (Å²) < 4.78 is 13.0. The molecular formula is C12H9ClFN3O. The van der Waals surface area contributed by atoms with Crippen molar-refractivity contribution in [1.29, 1.82) is 0 Å². The average Bonchev–Trinajstić information content (AvgIpc) is 2.76. The van der Waals surface area contributed by atoms with E-state index < -0.39 is 11.5 Å². The molecule has 6 heteroatoms. The summed E-state index contributed by atoms with van der Waals surface area (Å²) in [7, 11) is 0. The van der Waals surface area contributed by atoms with E-state index in [2.05, 4.69) is 15.3 Å². The van der Waals surface area contributed by atoms with Crippen LogP contribution in [-0.2, 0) is 6.42 Å². The monoisotopic (exact) mass is 265 g/mol. The molecule has 4 nitrogen and oxygen atoms in total. The number of aromatic nitrogens is 2. The molecule has 92 valence electrons. The number of H-pyrrole nitrogens is 1. The summed E-state index contributed by atoms with van der Waals surface area (Å²) >= 11 is 6.02. The number of aromatic amines is 1. The average molecular weight is 266 g/mol. The fraction of sp³-hybridized carbons (Fsp3) is 0.167. The van der Waals surface area contributed by atoms with Crippen LogP contribution in [0.5, 0.6) is 0 Å². The highest BCUT2D eigenvalue weighted by molar-refractivity contribution is 6.33. The van der Waals surface area contributed by atoms with Crippen LogP contribution in [0.15, 0.2) is 23.0 Å². The second kappa shape index (κ2) is 4.10. The van der Waals surface area contributed by atoms with E-state index >= 15 is 0 Å². The third-order valence-corrected chi connectivity index (χ3v) is 3.21. The first-order valence-corrected chi connectivity index (χ1v) is 5.85. The normalized spacial score (nSPS) is 13.2. The lowest BCUT2D eigenvalue weighted by molar-refractivity contribution is 0.628. The highest BCUT2D eigenvalue weighted by atomic mass is 35.5. The molecular weight excluding hydrogens is 257 g/mol. The minimum atomic E-state index is -0.446. The molecule has 0 atom stereocenters. The quantitative estimate of drug-likeness (QED) is 0.831. The van der Waals surface area contributed by atoms with E-state index in [1.54, 1.807) is 6.07 Å². The van der Waals surface area contributed by atoms with Crippen molar-refractivity contribution in [3.8, 4) is 11.3 Å². The van der Waals surface area contributed by atoms with Gasteiger partial charge in [-0.05, 0) is 24.6 Å². The van der Waals surface area contributed by atoms with E-state index in [4.69, 9.17) is 11.6 Å². The van der Waals surface area contributed by atoms with Gasteiger partial charge in [-0.2, -0.15) is 4.98 Å². The van der Waals surface area contributed by atoms with Crippen molar-refractivity contribution in [3.05, 3.63) is 45.1 Å². The summed E-state index contributed by atoms with van der Waals surface area (Å²) in [6.45, 7) is 0.728. The van der Waals surface area contributed by atoms with Gasteiger partial charge in [0, 0.05) is 17.7 Å². The lowest BCUT2D eigenvalue weighted by atomic mass is 10.1. The van der Waals surface area contributed by atoms with Crippen molar-refractivity contribution in [2.24, 2.45) is 0 Å². The summed E-state index contributed by atoms with van der Waals surface area (Å²) in [6, 6.07) is 4.10. The third-order valence-electron chi connectivity index (χ3n) is 2.90. The van der Waals surface area contributed by atoms with Crippen molar-refractivity contribution in [2.45, 2.75) is 6.42 Å². The molecule has 3 rings (SSSR count). The van der Waals surface area contributed by atoms with E-state index in [9.17, 15) is 9.18 Å². The molecule has 0 radical (unpaired) electrons. The number of nitrogens with one attached hydrogen (secondary N) is 2. The number of anilines is 1. The van der Waals surface area contributed by atoms with Crippen molar-refractivity contribution in [3.63, 3.8) is 0 Å². The van der Waals surface area contributed by atoms with Crippen LogP contribution in [0.25, 0.3) is 11.3 Å². The molecule has 2 N–H and O–H groups in total. The molecule has 0 aliphatic carbocycles. The summed E-state index contributed by atoms with van der Waals surface area (Å²) in [5, 5.41) is 3.30. The maximum atomic E-state index is 13.0. The van der Waals surface area contributed by atoms with Crippen molar-refractivity contribution in [2.75, 3.05) is 11.9 Å². The van der Waals surface area contributed by atoms with Gasteiger partial charge >= 0.3 is 5.69 Å². The summed E-state index contributed by atoms with van der Waals surface area (Å²) in [5.41, 5.74) is 1.68. The van der Waals surface area contributed by atoms with Crippen LogP contribution in [-0.4, -0.2) is 16.5 Å². The molecule has 1 aromatic carbocycles. The largest absolute Gasteiger partial charge is 0.369 e. The van der Waals surface area contributed by atoms with Crippen LogP contribution in [0.2, 0.25) is 5.02 Å². The van der Waals surface area contributed by atoms with Gasteiger partial charge in [0.25, 0.3) is 0 Å². The molecule has 1 aromatic heterocycles. The topological polar surface area (TPSA) is 57.8 Å². The third kappa shape index (κ3) is 1.76. The maximum Gasteiger partial charge on any atom is 0.347 e. The molecule has 0 amide bonds. The molecule has 0 unspecified atom stereocenters. The molecule has 2 aromatic rings. The van der Waals surface area contributed by atoms with Crippen molar-refractivity contribution < 1.29 is 4.39 Å². The maximum absolute atomic E-state index is 13.0. The van der Waals surface area contributed by atoms with Crippen LogP contribution >= 0.6 is 11.6 Å². The Morgan fingerprint density at radius 1 is 1.39 bits per heavy atom. The smallest absolute Gasteiger partial charge is 0.347 e. The zero-order valence-corrected chi connectivity index (χ0v) is 10.0. The van der Waals surface area contributed by atoms with Gasteiger partial charge in [0.1, 0.15) is 11.6 Å². The van der Waals surface area contributed by atoms with E-state index in [1.165, 1.54) is 12.1 Å². The van der Waals surface area contributed by atoms with E-state index in [1.807, 2.05) is 0 Å². The minimum Gasteiger partial charge on any atom is -0.369 e. The molecule has 18 heavy (non-hydrogen) atoms. The van der Waals surface area contributed by atoms with Crippen LogP contribution in [0.1, 0.15) is 5.56 Å². The number of rotatable bonds is 1. The Hall–Kier alpha value is -1.88. The Morgan fingerprint density at radius 2 is 2.22 bits per heavy atom.